The molecule has 0 saturated heterocycles. The summed E-state index contributed by atoms with van der Waals surface area (Å²) < 4.78 is 2.03. The highest BCUT2D eigenvalue weighted by atomic mass is 16.2. The summed E-state index contributed by atoms with van der Waals surface area (Å²) in [5.41, 5.74) is 3.00. The van der Waals surface area contributed by atoms with E-state index in [1.165, 1.54) is 6.20 Å². The molecule has 3 aliphatic carbocycles. The number of carbonyl (C=O) groups excluding carboxylic acids is 1. The van der Waals surface area contributed by atoms with E-state index in [-0.39, 0.29) is 17.9 Å². The summed E-state index contributed by atoms with van der Waals surface area (Å²) in [6.07, 6.45) is 10.5. The quantitative estimate of drug-likeness (QED) is 0.602. The van der Waals surface area contributed by atoms with E-state index < -0.39 is 0 Å². The number of fused-ring (bicyclic) bond motifs is 3. The topological polar surface area (TPSA) is 111 Å². The highest BCUT2D eigenvalue weighted by Gasteiger charge is 2.50. The number of pyridine rings is 1. The molecule has 3 heterocycles. The predicted molar refractivity (Wildman–Crippen MR) is 124 cm³/mol. The third-order valence-corrected chi connectivity index (χ3v) is 7.83. The van der Waals surface area contributed by atoms with Gasteiger partial charge in [-0.3, -0.25) is 14.5 Å². The normalized spacial score (nSPS) is 27.2. The third kappa shape index (κ3) is 3.34. The average Bonchev–Trinajstić information content (AvgIpc) is 3.50. The summed E-state index contributed by atoms with van der Waals surface area (Å²) in [5, 5.41) is 30.0. The van der Waals surface area contributed by atoms with Crippen molar-refractivity contribution < 1.29 is 4.79 Å². The highest BCUT2D eigenvalue weighted by molar-refractivity contribution is 5.83. The van der Waals surface area contributed by atoms with E-state index in [1.54, 1.807) is 23.5 Å². The Kier molecular flexibility index (Phi) is 4.88. The van der Waals surface area contributed by atoms with Gasteiger partial charge in [0, 0.05) is 42.9 Å². The molecule has 3 aromatic rings. The molecule has 1 aromatic carbocycles. The number of hydrogen-bond donors (Lipinski definition) is 0. The second-order valence-electron chi connectivity index (χ2n) is 9.66. The molecule has 3 saturated carbocycles. The maximum Gasteiger partial charge on any atom is 0.246 e. The first-order valence-electron chi connectivity index (χ1n) is 11.7. The Balaban J connectivity index is 1.21. The summed E-state index contributed by atoms with van der Waals surface area (Å²) in [6, 6.07) is 11.6. The van der Waals surface area contributed by atoms with Gasteiger partial charge >= 0.3 is 0 Å². The molecule has 1 amide bonds. The number of aromatic nitrogens is 3. The second-order valence-corrected chi connectivity index (χ2v) is 9.66. The number of nitriles is 2. The number of rotatable bonds is 4. The van der Waals surface area contributed by atoms with Crippen LogP contribution in [0, 0.1) is 46.3 Å². The van der Waals surface area contributed by atoms with E-state index in [0.29, 0.717) is 35.3 Å². The lowest BCUT2D eigenvalue weighted by atomic mass is 9.55. The molecule has 3 unspecified atom stereocenters. The summed E-state index contributed by atoms with van der Waals surface area (Å²) in [6.45, 7) is 0.775. The molecule has 168 valence electrons. The molecule has 8 heteroatoms. The molecule has 4 aliphatic rings. The fraction of sp³-hybridized carbons (Fsp3) is 0.385. The number of benzene rings is 1. The molecule has 3 fully saturated rings. The monoisotopic (exact) mass is 449 g/mol. The molecule has 2 aromatic heterocycles. The van der Waals surface area contributed by atoms with Crippen LogP contribution < -0.4 is 0 Å². The van der Waals surface area contributed by atoms with Gasteiger partial charge in [0.15, 0.2) is 0 Å². The third-order valence-electron chi connectivity index (χ3n) is 7.83. The molecule has 0 spiro atoms. The van der Waals surface area contributed by atoms with Crippen molar-refractivity contribution in [2.75, 3.05) is 0 Å². The fourth-order valence-electron chi connectivity index (χ4n) is 5.96. The number of amides is 1. The molecule has 8 nitrogen and oxygen atoms in total. The van der Waals surface area contributed by atoms with Crippen LogP contribution >= 0.6 is 0 Å². The maximum atomic E-state index is 13.7. The van der Waals surface area contributed by atoms with E-state index in [2.05, 4.69) is 27.3 Å². The van der Waals surface area contributed by atoms with Crippen molar-refractivity contribution in [1.82, 2.24) is 19.8 Å². The lowest BCUT2D eigenvalue weighted by Gasteiger charge is -2.51. The van der Waals surface area contributed by atoms with Crippen LogP contribution in [0.25, 0.3) is 10.9 Å². The minimum Gasteiger partial charge on any atom is -0.273 e. The van der Waals surface area contributed by atoms with Gasteiger partial charge in [-0.15, -0.1) is 0 Å². The van der Waals surface area contributed by atoms with Gasteiger partial charge in [-0.05, 0) is 66.8 Å². The summed E-state index contributed by atoms with van der Waals surface area (Å²) in [4.78, 5) is 17.9. The molecular weight excluding hydrogens is 426 g/mol. The zero-order valence-electron chi connectivity index (χ0n) is 18.6. The largest absolute Gasteiger partial charge is 0.273 e. The van der Waals surface area contributed by atoms with Crippen molar-refractivity contribution in [3.05, 3.63) is 59.5 Å². The van der Waals surface area contributed by atoms with Crippen LogP contribution in [0.5, 0.6) is 0 Å². The maximum absolute atomic E-state index is 13.7. The Morgan fingerprint density at radius 2 is 1.88 bits per heavy atom. The molecule has 2 bridgehead atoms. The van der Waals surface area contributed by atoms with Gasteiger partial charge < -0.3 is 0 Å². The van der Waals surface area contributed by atoms with E-state index >= 15 is 0 Å². The van der Waals surface area contributed by atoms with Gasteiger partial charge in [-0.2, -0.15) is 20.7 Å². The van der Waals surface area contributed by atoms with Gasteiger partial charge in [0.05, 0.1) is 35.0 Å². The first-order valence-corrected chi connectivity index (χ1v) is 11.7. The fourth-order valence-corrected chi connectivity index (χ4v) is 5.96. The summed E-state index contributed by atoms with van der Waals surface area (Å²) in [5.74, 6) is 1.46. The van der Waals surface area contributed by atoms with Gasteiger partial charge in [0.25, 0.3) is 0 Å². The molecule has 1 aliphatic heterocycles. The molecule has 3 atom stereocenters. The zero-order chi connectivity index (χ0) is 23.2. The van der Waals surface area contributed by atoms with Crippen LogP contribution in [0.1, 0.15) is 48.4 Å². The van der Waals surface area contributed by atoms with Crippen LogP contribution in [0.3, 0.4) is 0 Å². The van der Waals surface area contributed by atoms with Crippen LogP contribution in [0.2, 0.25) is 0 Å². The lowest BCUT2D eigenvalue weighted by Crippen LogP contribution is -2.49. The first-order chi connectivity index (χ1) is 16.6. The molecule has 0 N–H and O–H groups in total. The Morgan fingerprint density at radius 1 is 1.03 bits per heavy atom. The van der Waals surface area contributed by atoms with Crippen LogP contribution in [0.4, 0.5) is 0 Å². The van der Waals surface area contributed by atoms with Crippen molar-refractivity contribution in [1.29, 1.82) is 10.5 Å². The average molecular weight is 450 g/mol. The van der Waals surface area contributed by atoms with Crippen molar-refractivity contribution in [2.24, 2.45) is 28.8 Å². The lowest BCUT2D eigenvalue weighted by molar-refractivity contribution is -0.147. The minimum atomic E-state index is -0.200. The number of carbonyl (C=O) groups is 1. The Morgan fingerprint density at radius 3 is 2.71 bits per heavy atom. The number of hydrazone groups is 1. The van der Waals surface area contributed by atoms with Crippen LogP contribution in [0.15, 0.2) is 48.0 Å². The van der Waals surface area contributed by atoms with Gasteiger partial charge in [-0.1, -0.05) is 0 Å². The van der Waals surface area contributed by atoms with Crippen molar-refractivity contribution in [2.45, 2.75) is 38.3 Å². The van der Waals surface area contributed by atoms with Gasteiger partial charge in [-0.25, -0.2) is 5.01 Å². The molecule has 7 rings (SSSR count). The highest BCUT2D eigenvalue weighted by Crippen LogP contribution is 2.53. The van der Waals surface area contributed by atoms with Crippen molar-refractivity contribution in [3.8, 4) is 12.1 Å². The van der Waals surface area contributed by atoms with Crippen molar-refractivity contribution in [3.63, 3.8) is 0 Å². The molecule has 0 radical (unpaired) electrons. The first kappa shape index (κ1) is 20.6. The zero-order valence-corrected chi connectivity index (χ0v) is 18.6. The predicted octanol–water partition coefficient (Wildman–Crippen LogP) is 3.80. The van der Waals surface area contributed by atoms with E-state index in [0.717, 1.165) is 42.3 Å². The number of nitrogens with zero attached hydrogens (tertiary/aromatic N) is 7. The Hall–Kier alpha value is -4.04. The second kappa shape index (κ2) is 8.07. The summed E-state index contributed by atoms with van der Waals surface area (Å²) >= 11 is 0. The van der Waals surface area contributed by atoms with E-state index in [9.17, 15) is 10.1 Å². The van der Waals surface area contributed by atoms with E-state index in [1.807, 2.05) is 29.1 Å². The standard InChI is InChI=1S/C26H23N7O/c27-10-16-1-2-24-21(5-16)14-31-32(24)15-22-9-23(19-7-18(22)8-19)26(34)33-25(3-4-30-33)20-6-17(11-28)12-29-13-20/h1-2,4-6,12-14,18-19,22-23,25H,3,7-9,15H2. The smallest absolute Gasteiger partial charge is 0.246 e. The number of hydrogen-bond acceptors (Lipinski definition) is 6. The molecular formula is C26H23N7O. The summed E-state index contributed by atoms with van der Waals surface area (Å²) in [7, 11) is 0. The van der Waals surface area contributed by atoms with E-state index in [4.69, 9.17) is 5.26 Å². The Bertz CT molecular complexity index is 1390. The van der Waals surface area contributed by atoms with Gasteiger partial charge in [0.1, 0.15) is 6.07 Å². The van der Waals surface area contributed by atoms with Crippen molar-refractivity contribution >= 4 is 23.0 Å². The molecule has 34 heavy (non-hydrogen) atoms. The minimum absolute atomic E-state index is 0.0492. The SMILES string of the molecule is N#Cc1cncc(C2CC=NN2C(=O)C2CC(Cn3ncc4cc(C#N)ccc43)C3CC2C3)c1. The van der Waals surface area contributed by atoms with Crippen LogP contribution in [-0.2, 0) is 11.3 Å². The van der Waals surface area contributed by atoms with Gasteiger partial charge in [0.2, 0.25) is 5.91 Å². The van der Waals surface area contributed by atoms with Crippen LogP contribution in [-0.4, -0.2) is 31.9 Å². The Labute approximate surface area is 197 Å².